The Morgan fingerprint density at radius 2 is 2.25 bits per heavy atom. The second-order valence-electron chi connectivity index (χ2n) is 1.82. The molecular formula is C6H3BrF2INO. The molecule has 1 aromatic rings. The molecule has 12 heavy (non-hydrogen) atoms. The van der Waals surface area contributed by atoms with E-state index in [4.69, 9.17) is 0 Å². The van der Waals surface area contributed by atoms with Crippen LogP contribution in [0, 0.1) is 3.70 Å². The fourth-order valence-corrected chi connectivity index (χ4v) is 1.32. The minimum atomic E-state index is -2.81. The molecule has 0 unspecified atom stereocenters. The first-order chi connectivity index (χ1) is 5.59. The van der Waals surface area contributed by atoms with Gasteiger partial charge in [0.15, 0.2) is 0 Å². The molecule has 0 aliphatic heterocycles. The molecular weight excluding hydrogens is 347 g/mol. The van der Waals surface area contributed by atoms with Crippen molar-refractivity contribution in [2.75, 3.05) is 0 Å². The third kappa shape index (κ3) is 2.81. The molecule has 0 atom stereocenters. The molecule has 0 radical (unpaired) electrons. The van der Waals surface area contributed by atoms with E-state index in [1.54, 1.807) is 0 Å². The van der Waals surface area contributed by atoms with E-state index in [9.17, 15) is 8.78 Å². The summed E-state index contributed by atoms with van der Waals surface area (Å²) in [7, 11) is 0. The molecule has 0 bridgehead atoms. The van der Waals surface area contributed by atoms with E-state index < -0.39 is 6.61 Å². The highest BCUT2D eigenvalue weighted by Crippen LogP contribution is 2.26. The van der Waals surface area contributed by atoms with Crippen molar-refractivity contribution in [1.82, 2.24) is 4.98 Å². The Labute approximate surface area is 89.6 Å². The highest BCUT2D eigenvalue weighted by atomic mass is 127. The molecule has 1 rings (SSSR count). The van der Waals surface area contributed by atoms with Gasteiger partial charge >= 0.3 is 6.61 Å². The van der Waals surface area contributed by atoms with Crippen LogP contribution in [0.15, 0.2) is 16.7 Å². The SMILES string of the molecule is FC(F)Oc1cc(I)ncc1Br. The van der Waals surface area contributed by atoms with Gasteiger partial charge in [-0.25, -0.2) is 4.98 Å². The summed E-state index contributed by atoms with van der Waals surface area (Å²) in [5.41, 5.74) is 0. The van der Waals surface area contributed by atoms with Gasteiger partial charge in [-0.2, -0.15) is 8.78 Å². The molecule has 6 heteroatoms. The topological polar surface area (TPSA) is 22.1 Å². The van der Waals surface area contributed by atoms with Gasteiger partial charge in [0, 0.05) is 12.3 Å². The van der Waals surface area contributed by atoms with E-state index in [1.807, 2.05) is 22.6 Å². The van der Waals surface area contributed by atoms with Gasteiger partial charge in [0.05, 0.1) is 4.47 Å². The van der Waals surface area contributed by atoms with Crippen LogP contribution in [0.5, 0.6) is 5.75 Å². The van der Waals surface area contributed by atoms with Gasteiger partial charge in [-0.3, -0.25) is 0 Å². The molecule has 0 spiro atoms. The maximum atomic E-state index is 11.8. The number of ether oxygens (including phenoxy) is 1. The molecule has 66 valence electrons. The van der Waals surface area contributed by atoms with E-state index in [-0.39, 0.29) is 5.75 Å². The summed E-state index contributed by atoms with van der Waals surface area (Å²) in [4.78, 5) is 3.86. The first kappa shape index (κ1) is 10.1. The Hall–Kier alpha value is 0.0200. The lowest BCUT2D eigenvalue weighted by atomic mass is 10.5. The van der Waals surface area contributed by atoms with Gasteiger partial charge in [-0.15, -0.1) is 0 Å². The van der Waals surface area contributed by atoms with Gasteiger partial charge in [0.1, 0.15) is 9.45 Å². The van der Waals surface area contributed by atoms with Crippen LogP contribution in [-0.2, 0) is 0 Å². The summed E-state index contributed by atoms with van der Waals surface area (Å²) in [6.45, 7) is -2.81. The summed E-state index contributed by atoms with van der Waals surface area (Å²) in [5, 5.41) is 0. The van der Waals surface area contributed by atoms with Crippen molar-refractivity contribution >= 4 is 38.5 Å². The normalized spacial score (nSPS) is 10.4. The number of hydrogen-bond acceptors (Lipinski definition) is 2. The largest absolute Gasteiger partial charge is 0.433 e. The van der Waals surface area contributed by atoms with Crippen LogP contribution < -0.4 is 4.74 Å². The number of nitrogens with zero attached hydrogens (tertiary/aromatic N) is 1. The van der Waals surface area contributed by atoms with Crippen molar-refractivity contribution in [3.8, 4) is 5.75 Å². The first-order valence-electron chi connectivity index (χ1n) is 2.85. The minimum Gasteiger partial charge on any atom is -0.433 e. The van der Waals surface area contributed by atoms with Gasteiger partial charge in [0.25, 0.3) is 0 Å². The zero-order valence-corrected chi connectivity index (χ0v) is 9.34. The standard InChI is InChI=1S/C6H3BrF2INO/c7-3-2-11-5(10)1-4(3)12-6(8)9/h1-2,6H. The second kappa shape index (κ2) is 4.31. The smallest absolute Gasteiger partial charge is 0.387 e. The number of hydrogen-bond donors (Lipinski definition) is 0. The molecule has 0 fully saturated rings. The summed E-state index contributed by atoms with van der Waals surface area (Å²) < 4.78 is 28.8. The van der Waals surface area contributed by atoms with Crippen LogP contribution in [0.1, 0.15) is 0 Å². The van der Waals surface area contributed by atoms with Crippen molar-refractivity contribution < 1.29 is 13.5 Å². The van der Waals surface area contributed by atoms with Crippen molar-refractivity contribution in [3.63, 3.8) is 0 Å². The minimum absolute atomic E-state index is 0.101. The molecule has 1 aromatic heterocycles. The number of halogens is 4. The van der Waals surface area contributed by atoms with Gasteiger partial charge in [0.2, 0.25) is 0 Å². The molecule has 0 aromatic carbocycles. The summed E-state index contributed by atoms with van der Waals surface area (Å²) in [6, 6.07) is 1.43. The highest BCUT2D eigenvalue weighted by molar-refractivity contribution is 14.1. The van der Waals surface area contributed by atoms with Crippen LogP contribution >= 0.6 is 38.5 Å². The third-order valence-corrected chi connectivity index (χ3v) is 2.19. The van der Waals surface area contributed by atoms with E-state index in [0.29, 0.717) is 8.17 Å². The lowest BCUT2D eigenvalue weighted by Crippen LogP contribution is -2.03. The summed E-state index contributed by atoms with van der Waals surface area (Å²) >= 11 is 4.95. The fourth-order valence-electron chi connectivity index (χ4n) is 0.583. The lowest BCUT2D eigenvalue weighted by molar-refractivity contribution is -0.0504. The number of pyridine rings is 1. The Morgan fingerprint density at radius 3 is 2.83 bits per heavy atom. The lowest BCUT2D eigenvalue weighted by Gasteiger charge is -2.05. The molecule has 0 amide bonds. The first-order valence-corrected chi connectivity index (χ1v) is 4.72. The van der Waals surface area contributed by atoms with Crippen LogP contribution in [0.25, 0.3) is 0 Å². The van der Waals surface area contributed by atoms with Gasteiger partial charge in [-0.1, -0.05) is 0 Å². The van der Waals surface area contributed by atoms with Crippen molar-refractivity contribution in [3.05, 3.63) is 20.4 Å². The fraction of sp³-hybridized carbons (Fsp3) is 0.167. The molecule has 2 nitrogen and oxygen atoms in total. The Bertz CT molecular complexity index is 284. The van der Waals surface area contributed by atoms with E-state index in [0.717, 1.165) is 0 Å². The highest BCUT2D eigenvalue weighted by Gasteiger charge is 2.08. The number of alkyl halides is 2. The van der Waals surface area contributed by atoms with Gasteiger partial charge < -0.3 is 4.74 Å². The van der Waals surface area contributed by atoms with Crippen LogP contribution in [0.2, 0.25) is 0 Å². The second-order valence-corrected chi connectivity index (χ2v) is 3.78. The monoisotopic (exact) mass is 349 g/mol. The Kier molecular flexibility index (Phi) is 3.63. The molecule has 1 heterocycles. The van der Waals surface area contributed by atoms with Crippen LogP contribution in [0.3, 0.4) is 0 Å². The zero-order valence-electron chi connectivity index (χ0n) is 5.60. The van der Waals surface area contributed by atoms with Crippen LogP contribution in [0.4, 0.5) is 8.78 Å². The summed E-state index contributed by atoms with van der Waals surface area (Å²) in [5.74, 6) is 0.101. The average molecular weight is 350 g/mol. The Morgan fingerprint density at radius 1 is 1.58 bits per heavy atom. The maximum Gasteiger partial charge on any atom is 0.387 e. The quantitative estimate of drug-likeness (QED) is 0.604. The molecule has 0 N–H and O–H groups in total. The molecule has 0 saturated carbocycles. The Balaban J connectivity index is 2.90. The molecule has 0 aliphatic rings. The van der Waals surface area contributed by atoms with Crippen LogP contribution in [-0.4, -0.2) is 11.6 Å². The van der Waals surface area contributed by atoms with Crippen molar-refractivity contribution in [2.24, 2.45) is 0 Å². The van der Waals surface area contributed by atoms with Gasteiger partial charge in [-0.05, 0) is 38.5 Å². The average Bonchev–Trinajstić information content (AvgIpc) is 1.96. The number of aromatic nitrogens is 1. The number of rotatable bonds is 2. The van der Waals surface area contributed by atoms with E-state index in [1.165, 1.54) is 12.3 Å². The third-order valence-electron chi connectivity index (χ3n) is 1.00. The maximum absolute atomic E-state index is 11.8. The molecule has 0 saturated heterocycles. The van der Waals surface area contributed by atoms with E-state index in [2.05, 4.69) is 25.7 Å². The van der Waals surface area contributed by atoms with E-state index >= 15 is 0 Å². The molecule has 0 aliphatic carbocycles. The van der Waals surface area contributed by atoms with Crippen molar-refractivity contribution in [2.45, 2.75) is 6.61 Å². The summed E-state index contributed by atoms with van der Waals surface area (Å²) in [6.07, 6.45) is 1.42. The van der Waals surface area contributed by atoms with Crippen molar-refractivity contribution in [1.29, 1.82) is 0 Å². The predicted octanol–water partition coefficient (Wildman–Crippen LogP) is 3.05. The zero-order chi connectivity index (χ0) is 9.14. The predicted molar refractivity (Wildman–Crippen MR) is 51.3 cm³/mol.